The molecule has 122 valence electrons. The zero-order valence-corrected chi connectivity index (χ0v) is 14.2. The van der Waals surface area contributed by atoms with E-state index < -0.39 is 5.60 Å². The van der Waals surface area contributed by atoms with Crippen molar-refractivity contribution in [2.24, 2.45) is 5.92 Å². The molecular weight excluding hydrogens is 282 g/mol. The number of hydrogen-bond donors (Lipinski definition) is 1. The van der Waals surface area contributed by atoms with Crippen molar-refractivity contribution >= 4 is 0 Å². The van der Waals surface area contributed by atoms with Gasteiger partial charge in [0.2, 0.25) is 0 Å². The van der Waals surface area contributed by atoms with Crippen LogP contribution in [0.15, 0.2) is 60.7 Å². The number of likely N-dealkylation sites (tertiary alicyclic amines) is 1. The van der Waals surface area contributed by atoms with Gasteiger partial charge in [0.1, 0.15) is 5.60 Å². The first-order chi connectivity index (χ1) is 11.1. The summed E-state index contributed by atoms with van der Waals surface area (Å²) in [5.74, 6) is 0.118. The standard InChI is InChI=1S/C21H27NO/c1-17(16-22-15-9-10-18(22)2)21(23,19-11-5-3-6-12-19)20-13-7-4-8-14-20/h3-8,11-14,17-18,23H,9-10,15-16H2,1-2H3. The molecule has 1 aliphatic heterocycles. The van der Waals surface area contributed by atoms with Gasteiger partial charge in [0.05, 0.1) is 0 Å². The molecule has 1 heterocycles. The molecule has 0 saturated carbocycles. The van der Waals surface area contributed by atoms with Crippen molar-refractivity contribution in [1.29, 1.82) is 0 Å². The third kappa shape index (κ3) is 3.19. The Hall–Kier alpha value is -1.64. The van der Waals surface area contributed by atoms with Crippen molar-refractivity contribution in [2.75, 3.05) is 13.1 Å². The van der Waals surface area contributed by atoms with Crippen LogP contribution >= 0.6 is 0 Å². The van der Waals surface area contributed by atoms with Gasteiger partial charge >= 0.3 is 0 Å². The molecule has 1 aliphatic rings. The summed E-state index contributed by atoms with van der Waals surface area (Å²) in [4.78, 5) is 2.52. The third-order valence-electron chi connectivity index (χ3n) is 5.34. The molecule has 2 aromatic rings. The van der Waals surface area contributed by atoms with E-state index in [1.165, 1.54) is 12.8 Å². The molecule has 1 saturated heterocycles. The number of rotatable bonds is 5. The Bertz CT molecular complexity index is 571. The summed E-state index contributed by atoms with van der Waals surface area (Å²) in [6.45, 7) is 6.53. The van der Waals surface area contributed by atoms with Crippen LogP contribution in [-0.4, -0.2) is 29.1 Å². The molecule has 2 atom stereocenters. The Morgan fingerprint density at radius 1 is 1.04 bits per heavy atom. The molecule has 3 rings (SSSR count). The average molecular weight is 309 g/mol. The Morgan fingerprint density at radius 3 is 2.00 bits per heavy atom. The summed E-state index contributed by atoms with van der Waals surface area (Å²) in [6, 6.07) is 20.8. The maximum atomic E-state index is 11.7. The van der Waals surface area contributed by atoms with Crippen LogP contribution < -0.4 is 0 Å². The molecule has 0 amide bonds. The van der Waals surface area contributed by atoms with E-state index in [1.807, 2.05) is 60.7 Å². The lowest BCUT2D eigenvalue weighted by Gasteiger charge is -2.38. The lowest BCUT2D eigenvalue weighted by molar-refractivity contribution is 0.00647. The van der Waals surface area contributed by atoms with Crippen LogP contribution in [0.5, 0.6) is 0 Å². The molecule has 2 unspecified atom stereocenters. The van der Waals surface area contributed by atoms with Crippen molar-refractivity contribution < 1.29 is 5.11 Å². The summed E-state index contributed by atoms with van der Waals surface area (Å²) in [5, 5.41) is 11.7. The molecule has 0 aliphatic carbocycles. The lowest BCUT2D eigenvalue weighted by atomic mass is 9.76. The first kappa shape index (κ1) is 16.2. The van der Waals surface area contributed by atoms with E-state index in [4.69, 9.17) is 0 Å². The second-order valence-electron chi connectivity index (χ2n) is 6.89. The van der Waals surface area contributed by atoms with Crippen LogP contribution in [0.1, 0.15) is 37.8 Å². The molecule has 1 fully saturated rings. The highest BCUT2D eigenvalue weighted by Crippen LogP contribution is 2.38. The van der Waals surface area contributed by atoms with Crippen molar-refractivity contribution in [1.82, 2.24) is 4.90 Å². The Kier molecular flexibility index (Phi) is 4.84. The third-order valence-corrected chi connectivity index (χ3v) is 5.34. The molecule has 23 heavy (non-hydrogen) atoms. The van der Waals surface area contributed by atoms with E-state index in [-0.39, 0.29) is 5.92 Å². The van der Waals surface area contributed by atoms with E-state index >= 15 is 0 Å². The summed E-state index contributed by atoms with van der Waals surface area (Å²) in [7, 11) is 0. The van der Waals surface area contributed by atoms with Crippen LogP contribution in [0.3, 0.4) is 0 Å². The van der Waals surface area contributed by atoms with Crippen LogP contribution in [0.2, 0.25) is 0 Å². The fourth-order valence-electron chi connectivity index (χ4n) is 3.87. The highest BCUT2D eigenvalue weighted by molar-refractivity contribution is 5.36. The maximum absolute atomic E-state index is 11.7. The lowest BCUT2D eigenvalue weighted by Crippen LogP contribution is -2.43. The predicted molar refractivity (Wildman–Crippen MR) is 95.3 cm³/mol. The minimum atomic E-state index is -0.954. The Labute approximate surface area is 139 Å². The summed E-state index contributed by atoms with van der Waals surface area (Å²) in [5.41, 5.74) is 1.00. The van der Waals surface area contributed by atoms with Crippen molar-refractivity contribution in [3.05, 3.63) is 71.8 Å². The van der Waals surface area contributed by atoms with E-state index in [2.05, 4.69) is 18.7 Å². The fraction of sp³-hybridized carbons (Fsp3) is 0.429. The topological polar surface area (TPSA) is 23.5 Å². The molecule has 0 aromatic heterocycles. The number of hydrogen-bond acceptors (Lipinski definition) is 2. The molecule has 1 N–H and O–H groups in total. The van der Waals surface area contributed by atoms with Gasteiger partial charge in [-0.1, -0.05) is 67.6 Å². The molecule has 0 radical (unpaired) electrons. The highest BCUT2D eigenvalue weighted by Gasteiger charge is 2.39. The van der Waals surface area contributed by atoms with Crippen molar-refractivity contribution in [3.63, 3.8) is 0 Å². The van der Waals surface area contributed by atoms with E-state index in [9.17, 15) is 5.11 Å². The van der Waals surface area contributed by atoms with E-state index in [0.29, 0.717) is 6.04 Å². The van der Waals surface area contributed by atoms with Crippen molar-refractivity contribution in [3.8, 4) is 0 Å². The number of nitrogens with zero attached hydrogens (tertiary/aromatic N) is 1. The largest absolute Gasteiger partial charge is 0.380 e. The van der Waals surface area contributed by atoms with Gasteiger partial charge in [0.25, 0.3) is 0 Å². The average Bonchev–Trinajstić information content (AvgIpc) is 3.00. The summed E-state index contributed by atoms with van der Waals surface area (Å²) in [6.07, 6.45) is 2.53. The predicted octanol–water partition coefficient (Wildman–Crippen LogP) is 4.04. The summed E-state index contributed by atoms with van der Waals surface area (Å²) < 4.78 is 0. The SMILES string of the molecule is CC1CCCN1CC(C)C(O)(c1ccccc1)c1ccccc1. The second-order valence-corrected chi connectivity index (χ2v) is 6.89. The Morgan fingerprint density at radius 2 is 1.57 bits per heavy atom. The van der Waals surface area contributed by atoms with Crippen LogP contribution in [0.25, 0.3) is 0 Å². The monoisotopic (exact) mass is 309 g/mol. The minimum absolute atomic E-state index is 0.118. The Balaban J connectivity index is 1.95. The van der Waals surface area contributed by atoms with Gasteiger partial charge in [-0.05, 0) is 37.4 Å². The van der Waals surface area contributed by atoms with Crippen LogP contribution in [0, 0.1) is 5.92 Å². The first-order valence-corrected chi connectivity index (χ1v) is 8.70. The maximum Gasteiger partial charge on any atom is 0.118 e. The van der Waals surface area contributed by atoms with Gasteiger partial charge in [-0.25, -0.2) is 0 Å². The highest BCUT2D eigenvalue weighted by atomic mass is 16.3. The quantitative estimate of drug-likeness (QED) is 0.901. The van der Waals surface area contributed by atoms with Gasteiger partial charge in [-0.15, -0.1) is 0 Å². The summed E-state index contributed by atoms with van der Waals surface area (Å²) >= 11 is 0. The molecule has 2 heteroatoms. The van der Waals surface area contributed by atoms with Gasteiger partial charge < -0.3 is 10.0 Å². The molecular formula is C21H27NO. The molecule has 2 nitrogen and oxygen atoms in total. The van der Waals surface area contributed by atoms with E-state index in [0.717, 1.165) is 24.2 Å². The van der Waals surface area contributed by atoms with E-state index in [1.54, 1.807) is 0 Å². The second kappa shape index (κ2) is 6.86. The number of aliphatic hydroxyl groups is 1. The van der Waals surface area contributed by atoms with Crippen molar-refractivity contribution in [2.45, 2.75) is 38.3 Å². The molecule has 2 aromatic carbocycles. The smallest absolute Gasteiger partial charge is 0.118 e. The fourth-order valence-corrected chi connectivity index (χ4v) is 3.87. The van der Waals surface area contributed by atoms with Gasteiger partial charge in [0.15, 0.2) is 0 Å². The van der Waals surface area contributed by atoms with Crippen LogP contribution in [0.4, 0.5) is 0 Å². The van der Waals surface area contributed by atoms with Crippen LogP contribution in [-0.2, 0) is 5.60 Å². The zero-order valence-electron chi connectivity index (χ0n) is 14.2. The minimum Gasteiger partial charge on any atom is -0.380 e. The normalized spacial score (nSPS) is 20.6. The van der Waals surface area contributed by atoms with Gasteiger partial charge in [-0.2, -0.15) is 0 Å². The first-order valence-electron chi connectivity index (χ1n) is 8.70. The zero-order chi connectivity index (χ0) is 16.3. The molecule has 0 spiro atoms. The molecule has 0 bridgehead atoms. The van der Waals surface area contributed by atoms with Gasteiger partial charge in [-0.3, -0.25) is 0 Å². The number of benzene rings is 2. The van der Waals surface area contributed by atoms with Gasteiger partial charge in [0, 0.05) is 18.5 Å².